The highest BCUT2D eigenvalue weighted by molar-refractivity contribution is 5.73. The number of likely N-dealkylation sites (N-methyl/N-ethyl adjacent to an activating group) is 2. The summed E-state index contributed by atoms with van der Waals surface area (Å²) in [6.07, 6.45) is -12.2. The summed E-state index contributed by atoms with van der Waals surface area (Å²) in [6.45, 7) is 16.8. The van der Waals surface area contributed by atoms with Crippen LogP contribution in [0.15, 0.2) is 0 Å². The summed E-state index contributed by atoms with van der Waals surface area (Å²) >= 11 is 0. The molecule has 0 aliphatic carbocycles. The van der Waals surface area contributed by atoms with Crippen molar-refractivity contribution in [3.63, 3.8) is 0 Å². The van der Waals surface area contributed by atoms with E-state index in [0.29, 0.717) is 19.5 Å². The summed E-state index contributed by atoms with van der Waals surface area (Å²) in [5, 5.41) is 0. The summed E-state index contributed by atoms with van der Waals surface area (Å²) in [5.74, 6) is -4.49. The number of hydrogen-bond donors (Lipinski definition) is 0. The Morgan fingerprint density at radius 2 is 1.41 bits per heavy atom. The van der Waals surface area contributed by atoms with Crippen molar-refractivity contribution in [1.29, 1.82) is 0 Å². The molecule has 21 nitrogen and oxygen atoms in total. The molecule has 0 N–H and O–H groups in total. The van der Waals surface area contributed by atoms with Crippen LogP contribution in [-0.4, -0.2) is 193 Å². The number of rotatable bonds is 17. The maximum atomic E-state index is 13.8. The fraction of sp³-hybridized carbons (Fsp3) is 0.875. The van der Waals surface area contributed by atoms with E-state index >= 15 is 0 Å². The van der Waals surface area contributed by atoms with E-state index in [2.05, 4.69) is 0 Å². The molecule has 0 radical (unpaired) electrons. The first-order valence-corrected chi connectivity index (χ1v) is 24.1. The second kappa shape index (κ2) is 27.9. The minimum atomic E-state index is -1.37. The van der Waals surface area contributed by atoms with Gasteiger partial charge in [0.2, 0.25) is 0 Å². The number of nitrogens with zero attached hydrogens (tertiary/aromatic N) is 2. The molecule has 3 saturated heterocycles. The lowest BCUT2D eigenvalue weighted by Gasteiger charge is -2.51. The first-order valence-electron chi connectivity index (χ1n) is 24.1. The minimum absolute atomic E-state index is 0.0199. The number of carbonyl (C=O) groups is 6. The normalized spacial score (nSPS) is 35.5. The van der Waals surface area contributed by atoms with E-state index in [-0.39, 0.29) is 38.0 Å². The van der Waals surface area contributed by atoms with Crippen LogP contribution in [0.4, 0.5) is 0 Å². The third-order valence-electron chi connectivity index (χ3n) is 12.9. The molecule has 0 aromatic rings. The van der Waals surface area contributed by atoms with Gasteiger partial charge in [0.25, 0.3) is 0 Å². The van der Waals surface area contributed by atoms with Crippen LogP contribution in [0.1, 0.15) is 114 Å². The van der Waals surface area contributed by atoms with Crippen molar-refractivity contribution in [3.05, 3.63) is 0 Å². The van der Waals surface area contributed by atoms with Crippen LogP contribution in [0.5, 0.6) is 0 Å². The van der Waals surface area contributed by atoms with Crippen LogP contribution in [0.3, 0.4) is 0 Å². The average molecular weight is 991 g/mol. The van der Waals surface area contributed by atoms with Crippen molar-refractivity contribution >= 4 is 35.8 Å². The Kier molecular flexibility index (Phi) is 24.2. The first kappa shape index (κ1) is 59.8. The van der Waals surface area contributed by atoms with Crippen LogP contribution in [0.25, 0.3) is 0 Å². The molecule has 3 heterocycles. The van der Waals surface area contributed by atoms with Crippen LogP contribution in [0, 0.1) is 11.8 Å². The molecule has 398 valence electrons. The zero-order valence-corrected chi connectivity index (χ0v) is 43.8. The van der Waals surface area contributed by atoms with Crippen molar-refractivity contribution in [2.45, 2.75) is 206 Å². The van der Waals surface area contributed by atoms with Crippen molar-refractivity contribution in [2.24, 2.45) is 11.8 Å². The highest BCUT2D eigenvalue weighted by Gasteiger charge is 2.56. The van der Waals surface area contributed by atoms with Crippen LogP contribution in [-0.2, 0) is 90.3 Å². The van der Waals surface area contributed by atoms with Gasteiger partial charge in [-0.05, 0) is 73.5 Å². The Labute approximate surface area is 408 Å². The molecule has 0 aromatic heterocycles. The van der Waals surface area contributed by atoms with Crippen LogP contribution in [0.2, 0.25) is 0 Å². The smallest absolute Gasteiger partial charge is 0.309 e. The first-order chi connectivity index (χ1) is 32.4. The number of esters is 6. The molecule has 69 heavy (non-hydrogen) atoms. The van der Waals surface area contributed by atoms with Gasteiger partial charge in [-0.2, -0.15) is 0 Å². The lowest BCUT2D eigenvalue weighted by atomic mass is 9.81. The van der Waals surface area contributed by atoms with Crippen molar-refractivity contribution in [2.75, 3.05) is 55.6 Å². The number of methoxy groups -OCH3 is 3. The third kappa shape index (κ3) is 17.6. The molecule has 0 saturated carbocycles. The van der Waals surface area contributed by atoms with Gasteiger partial charge in [0.05, 0.1) is 30.8 Å². The molecule has 0 spiro atoms. The third-order valence-corrected chi connectivity index (χ3v) is 12.9. The standard InChI is InChI=1S/C48H82N2O19/c1-17-36(54)65-34-23-38(56)60-27(4)19-20-50(13)25-35(63-30(7)51)26(3)21-33(22-39(57-14)58-15)43(44(34)59-16)68-47-45(64-31(8)52)41(49(11)12)42(28(5)62-47)67-40-24-48(10,69-32(9)53)46(29(6)61-40)66-37(55)18-2/h26-29,33-35,39-47H,17-25H2,1-16H3/t26-,27-,28?,29?,33-,34-,35+,40?,41?,42?,43+,44?,45?,46?,47?,48?/m1/s1. The van der Waals surface area contributed by atoms with Gasteiger partial charge in [-0.1, -0.05) is 20.8 Å². The van der Waals surface area contributed by atoms with Gasteiger partial charge in [0, 0.05) is 80.9 Å². The Morgan fingerprint density at radius 3 is 1.96 bits per heavy atom. The summed E-state index contributed by atoms with van der Waals surface area (Å²) < 4.78 is 80.2. The maximum absolute atomic E-state index is 13.8. The second-order valence-electron chi connectivity index (χ2n) is 19.0. The molecule has 3 rings (SSSR count). The summed E-state index contributed by atoms with van der Waals surface area (Å²) in [6, 6.07) is -0.808. The van der Waals surface area contributed by atoms with E-state index in [4.69, 9.17) is 61.6 Å². The SMILES string of the molecule is CCC(=O)OC1C(C)OC(OC2C(C)OC(O[C@@H]3C(OC)[C@H](OC(=O)CC)CC(=O)O[C@H](C)CCN(C)C[C@H](OC(C)=O)[C@H](C)C[C@@H]3CC(OC)OC)C(OC(C)=O)C2N(C)C)CC1(C)OC(C)=O. The quantitative estimate of drug-likeness (QED) is 0.115. The molecule has 3 aliphatic heterocycles. The van der Waals surface area contributed by atoms with E-state index < -0.39 is 140 Å². The summed E-state index contributed by atoms with van der Waals surface area (Å²) in [7, 11) is 9.81. The fourth-order valence-electron chi connectivity index (χ4n) is 9.59. The molecule has 16 atom stereocenters. The van der Waals surface area contributed by atoms with Gasteiger partial charge < -0.3 is 71.4 Å². The molecule has 3 aliphatic rings. The largest absolute Gasteiger partial charge is 0.463 e. The highest BCUT2D eigenvalue weighted by atomic mass is 16.7. The van der Waals surface area contributed by atoms with E-state index in [1.54, 1.807) is 60.5 Å². The lowest BCUT2D eigenvalue weighted by molar-refractivity contribution is -0.346. The number of hydrogen-bond acceptors (Lipinski definition) is 21. The van der Waals surface area contributed by atoms with Crippen LogP contribution >= 0.6 is 0 Å². The lowest BCUT2D eigenvalue weighted by Crippen LogP contribution is -2.67. The average Bonchev–Trinajstić information content (AvgIpc) is 3.25. The zero-order valence-electron chi connectivity index (χ0n) is 43.8. The fourth-order valence-corrected chi connectivity index (χ4v) is 9.59. The van der Waals surface area contributed by atoms with E-state index in [1.807, 2.05) is 18.9 Å². The van der Waals surface area contributed by atoms with E-state index in [1.165, 1.54) is 42.1 Å². The van der Waals surface area contributed by atoms with Gasteiger partial charge in [-0.25, -0.2) is 0 Å². The van der Waals surface area contributed by atoms with Gasteiger partial charge in [-0.15, -0.1) is 0 Å². The topological polar surface area (TPSA) is 229 Å². The molecular formula is C48H82N2O19. The zero-order chi connectivity index (χ0) is 51.9. The van der Waals surface area contributed by atoms with Gasteiger partial charge >= 0.3 is 35.8 Å². The Morgan fingerprint density at radius 1 is 0.783 bits per heavy atom. The Balaban J connectivity index is 2.25. The molecule has 10 unspecified atom stereocenters. The Bertz CT molecular complexity index is 1670. The van der Waals surface area contributed by atoms with Gasteiger partial charge in [0.1, 0.15) is 30.5 Å². The van der Waals surface area contributed by atoms with E-state index in [0.717, 1.165) is 0 Å². The number of ether oxygens (including phenoxy) is 13. The molecule has 0 amide bonds. The van der Waals surface area contributed by atoms with Gasteiger partial charge in [-0.3, -0.25) is 28.8 Å². The maximum Gasteiger partial charge on any atom is 0.309 e. The molecule has 0 aromatic carbocycles. The molecular weight excluding hydrogens is 909 g/mol. The van der Waals surface area contributed by atoms with Crippen molar-refractivity contribution in [1.82, 2.24) is 9.80 Å². The van der Waals surface area contributed by atoms with Crippen molar-refractivity contribution < 1.29 is 90.3 Å². The van der Waals surface area contributed by atoms with Crippen molar-refractivity contribution in [3.8, 4) is 0 Å². The Hall–Kier alpha value is -3.54. The highest BCUT2D eigenvalue weighted by Crippen LogP contribution is 2.40. The predicted molar refractivity (Wildman–Crippen MR) is 245 cm³/mol. The number of carbonyl (C=O) groups excluding carboxylic acids is 6. The molecule has 0 bridgehead atoms. The predicted octanol–water partition coefficient (Wildman–Crippen LogP) is 3.72. The van der Waals surface area contributed by atoms with Crippen LogP contribution < -0.4 is 0 Å². The molecule has 3 fully saturated rings. The molecule has 21 heteroatoms. The van der Waals surface area contributed by atoms with E-state index in [9.17, 15) is 28.8 Å². The summed E-state index contributed by atoms with van der Waals surface area (Å²) in [4.78, 5) is 81.6. The van der Waals surface area contributed by atoms with Gasteiger partial charge in [0.15, 0.2) is 36.7 Å². The number of cyclic esters (lactones) is 1. The summed E-state index contributed by atoms with van der Waals surface area (Å²) in [5.41, 5.74) is -1.35. The monoisotopic (exact) mass is 991 g/mol. The second-order valence-corrected chi connectivity index (χ2v) is 19.0. The minimum Gasteiger partial charge on any atom is -0.463 e.